The van der Waals surface area contributed by atoms with Crippen molar-refractivity contribution < 1.29 is 14.3 Å². The van der Waals surface area contributed by atoms with Crippen LogP contribution >= 0.6 is 11.6 Å². The van der Waals surface area contributed by atoms with Gasteiger partial charge in [-0.3, -0.25) is 9.69 Å². The highest BCUT2D eigenvalue weighted by atomic mass is 35.5. The lowest BCUT2D eigenvalue weighted by Crippen LogP contribution is -2.48. The summed E-state index contributed by atoms with van der Waals surface area (Å²) in [4.78, 5) is 13.2. The predicted molar refractivity (Wildman–Crippen MR) is 71.6 cm³/mol. The molecule has 0 amide bonds. The van der Waals surface area contributed by atoms with Crippen LogP contribution in [0.2, 0.25) is 5.02 Å². The fourth-order valence-corrected chi connectivity index (χ4v) is 2.93. The van der Waals surface area contributed by atoms with Crippen molar-refractivity contribution in [2.75, 3.05) is 6.54 Å². The van der Waals surface area contributed by atoms with E-state index in [4.69, 9.17) is 11.6 Å². The summed E-state index contributed by atoms with van der Waals surface area (Å²) in [6.07, 6.45) is 1.86. The second kappa shape index (κ2) is 5.88. The van der Waals surface area contributed by atoms with Crippen LogP contribution in [-0.4, -0.2) is 28.6 Å². The Hall–Kier alpha value is -1.13. The van der Waals surface area contributed by atoms with Crippen LogP contribution in [0.1, 0.15) is 25.3 Å². The summed E-state index contributed by atoms with van der Waals surface area (Å²) in [7, 11) is 0. The Labute approximate surface area is 117 Å². The molecule has 3 nitrogen and oxygen atoms in total. The van der Waals surface area contributed by atoms with Gasteiger partial charge >= 0.3 is 5.97 Å². The molecular formula is C14H17ClFNO2. The van der Waals surface area contributed by atoms with Crippen molar-refractivity contribution >= 4 is 17.6 Å². The van der Waals surface area contributed by atoms with E-state index in [9.17, 15) is 14.3 Å². The maximum Gasteiger partial charge on any atom is 0.321 e. The minimum Gasteiger partial charge on any atom is -0.480 e. The van der Waals surface area contributed by atoms with E-state index >= 15 is 0 Å². The Kier molecular flexibility index (Phi) is 4.42. The number of piperidine rings is 1. The van der Waals surface area contributed by atoms with Gasteiger partial charge in [-0.25, -0.2) is 4.39 Å². The lowest BCUT2D eigenvalue weighted by atomic mass is 9.90. The number of hydrogen-bond acceptors (Lipinski definition) is 2. The summed E-state index contributed by atoms with van der Waals surface area (Å²) < 4.78 is 13.4. The number of rotatable bonds is 3. The normalized spacial score (nSPS) is 24.4. The first kappa shape index (κ1) is 14.3. The fraction of sp³-hybridized carbons (Fsp3) is 0.500. The van der Waals surface area contributed by atoms with Crippen LogP contribution in [0.15, 0.2) is 18.2 Å². The Bertz CT molecular complexity index is 481. The van der Waals surface area contributed by atoms with Crippen molar-refractivity contribution in [2.24, 2.45) is 5.92 Å². The number of carboxylic acids is 1. The number of likely N-dealkylation sites (tertiary alicyclic amines) is 1. The average Bonchev–Trinajstić information content (AvgIpc) is 2.34. The summed E-state index contributed by atoms with van der Waals surface area (Å²) >= 11 is 5.93. The van der Waals surface area contributed by atoms with Crippen molar-refractivity contribution in [1.82, 2.24) is 4.90 Å². The third-order valence-electron chi connectivity index (χ3n) is 3.70. The fourth-order valence-electron chi connectivity index (χ4n) is 2.74. The molecule has 1 aromatic carbocycles. The molecule has 1 aliphatic heterocycles. The summed E-state index contributed by atoms with van der Waals surface area (Å²) in [5.74, 6) is -1.19. The molecule has 0 radical (unpaired) electrons. The minimum absolute atomic E-state index is 0.0878. The first-order chi connectivity index (χ1) is 9.00. The van der Waals surface area contributed by atoms with Crippen LogP contribution in [0.3, 0.4) is 0 Å². The highest BCUT2D eigenvalue weighted by Gasteiger charge is 2.34. The molecule has 1 N–H and O–H groups in total. The SMILES string of the molecule is CC1CCCN(Cc2cccc(F)c2Cl)C1C(=O)O. The largest absolute Gasteiger partial charge is 0.480 e. The van der Waals surface area contributed by atoms with Crippen molar-refractivity contribution in [1.29, 1.82) is 0 Å². The summed E-state index contributed by atoms with van der Waals surface area (Å²) in [6.45, 7) is 3.02. The molecule has 5 heteroatoms. The Morgan fingerprint density at radius 2 is 2.32 bits per heavy atom. The highest BCUT2D eigenvalue weighted by molar-refractivity contribution is 6.31. The van der Waals surface area contributed by atoms with E-state index in [2.05, 4.69) is 0 Å². The lowest BCUT2D eigenvalue weighted by molar-refractivity contribution is -0.147. The van der Waals surface area contributed by atoms with Gasteiger partial charge in [-0.2, -0.15) is 0 Å². The topological polar surface area (TPSA) is 40.5 Å². The van der Waals surface area contributed by atoms with Crippen LogP contribution < -0.4 is 0 Å². The van der Waals surface area contributed by atoms with Gasteiger partial charge < -0.3 is 5.11 Å². The van der Waals surface area contributed by atoms with Crippen LogP contribution in [0.25, 0.3) is 0 Å². The summed E-state index contributed by atoms with van der Waals surface area (Å²) in [6, 6.07) is 4.12. The van der Waals surface area contributed by atoms with Gasteiger partial charge in [0.05, 0.1) is 5.02 Å². The Morgan fingerprint density at radius 3 is 3.00 bits per heavy atom. The third kappa shape index (κ3) is 3.07. The molecule has 104 valence electrons. The van der Waals surface area contributed by atoms with Gasteiger partial charge in [0.15, 0.2) is 0 Å². The van der Waals surface area contributed by atoms with Gasteiger partial charge in [0.2, 0.25) is 0 Å². The molecule has 1 aromatic rings. The van der Waals surface area contributed by atoms with Crippen LogP contribution in [0.5, 0.6) is 0 Å². The molecule has 19 heavy (non-hydrogen) atoms. The molecule has 0 bridgehead atoms. The molecule has 1 aliphatic rings. The Morgan fingerprint density at radius 1 is 1.58 bits per heavy atom. The molecule has 0 aromatic heterocycles. The maximum atomic E-state index is 13.4. The first-order valence-corrected chi connectivity index (χ1v) is 6.78. The van der Waals surface area contributed by atoms with Crippen LogP contribution in [0.4, 0.5) is 4.39 Å². The average molecular weight is 286 g/mol. The van der Waals surface area contributed by atoms with E-state index in [1.54, 1.807) is 12.1 Å². The van der Waals surface area contributed by atoms with Gasteiger partial charge in [-0.1, -0.05) is 30.7 Å². The summed E-state index contributed by atoms with van der Waals surface area (Å²) in [5.41, 5.74) is 0.641. The minimum atomic E-state index is -0.820. The van der Waals surface area contributed by atoms with E-state index in [0.29, 0.717) is 18.7 Å². The van der Waals surface area contributed by atoms with Crippen molar-refractivity contribution in [3.05, 3.63) is 34.6 Å². The number of carbonyl (C=O) groups is 1. The molecule has 2 unspecified atom stereocenters. The van der Waals surface area contributed by atoms with Crippen molar-refractivity contribution in [3.8, 4) is 0 Å². The molecule has 0 aliphatic carbocycles. The second-order valence-corrected chi connectivity index (χ2v) is 5.46. The quantitative estimate of drug-likeness (QED) is 0.927. The van der Waals surface area contributed by atoms with E-state index < -0.39 is 17.8 Å². The van der Waals surface area contributed by atoms with E-state index in [0.717, 1.165) is 12.8 Å². The zero-order valence-corrected chi connectivity index (χ0v) is 11.5. The van der Waals surface area contributed by atoms with Crippen molar-refractivity contribution in [2.45, 2.75) is 32.4 Å². The highest BCUT2D eigenvalue weighted by Crippen LogP contribution is 2.28. The van der Waals surface area contributed by atoms with E-state index in [1.165, 1.54) is 6.07 Å². The zero-order chi connectivity index (χ0) is 14.0. The second-order valence-electron chi connectivity index (χ2n) is 5.09. The lowest BCUT2D eigenvalue weighted by Gasteiger charge is -2.37. The zero-order valence-electron chi connectivity index (χ0n) is 10.8. The number of hydrogen-bond donors (Lipinski definition) is 1. The number of nitrogens with zero attached hydrogens (tertiary/aromatic N) is 1. The maximum absolute atomic E-state index is 13.4. The number of aliphatic carboxylic acids is 1. The smallest absolute Gasteiger partial charge is 0.321 e. The molecule has 1 saturated heterocycles. The van der Waals surface area contributed by atoms with Crippen LogP contribution in [0, 0.1) is 11.7 Å². The van der Waals surface area contributed by atoms with Gasteiger partial charge in [-0.15, -0.1) is 0 Å². The number of carboxylic acid groups (broad SMARTS) is 1. The monoisotopic (exact) mass is 285 g/mol. The van der Waals surface area contributed by atoms with E-state index in [-0.39, 0.29) is 10.9 Å². The third-order valence-corrected chi connectivity index (χ3v) is 4.12. The summed E-state index contributed by atoms with van der Waals surface area (Å²) in [5, 5.41) is 9.42. The first-order valence-electron chi connectivity index (χ1n) is 6.40. The number of halogens is 2. The predicted octanol–water partition coefficient (Wildman–Crippen LogP) is 3.16. The molecule has 1 fully saturated rings. The molecule has 1 heterocycles. The van der Waals surface area contributed by atoms with Gasteiger partial charge in [-0.05, 0) is 36.9 Å². The van der Waals surface area contributed by atoms with Gasteiger partial charge in [0, 0.05) is 6.54 Å². The molecule has 0 saturated carbocycles. The molecule has 2 rings (SSSR count). The van der Waals surface area contributed by atoms with Gasteiger partial charge in [0.1, 0.15) is 11.9 Å². The molecule has 0 spiro atoms. The molecular weight excluding hydrogens is 269 g/mol. The molecule has 2 atom stereocenters. The van der Waals surface area contributed by atoms with E-state index in [1.807, 2.05) is 11.8 Å². The van der Waals surface area contributed by atoms with Gasteiger partial charge in [0.25, 0.3) is 0 Å². The standard InChI is InChI=1S/C14H17ClFNO2/c1-9-4-3-7-17(13(9)14(18)19)8-10-5-2-6-11(16)12(10)15/h2,5-6,9,13H,3-4,7-8H2,1H3,(H,18,19). The van der Waals surface area contributed by atoms with Crippen LogP contribution in [-0.2, 0) is 11.3 Å². The Balaban J connectivity index is 2.20. The van der Waals surface area contributed by atoms with Crippen molar-refractivity contribution in [3.63, 3.8) is 0 Å². The number of benzene rings is 1.